The summed E-state index contributed by atoms with van der Waals surface area (Å²) in [7, 11) is 0. The molecule has 128 valence electrons. The molecular weight excluding hydrogens is 302 g/mol. The summed E-state index contributed by atoms with van der Waals surface area (Å²) in [6, 6.07) is 8.95. The second-order valence-corrected chi connectivity index (χ2v) is 7.19. The second-order valence-electron chi connectivity index (χ2n) is 7.19. The van der Waals surface area contributed by atoms with Gasteiger partial charge in [0, 0.05) is 11.1 Å². The first-order valence-electron chi connectivity index (χ1n) is 7.98. The Labute approximate surface area is 143 Å². The van der Waals surface area contributed by atoms with E-state index < -0.39 is 5.41 Å². The van der Waals surface area contributed by atoms with Gasteiger partial charge in [0.15, 0.2) is 0 Å². The lowest BCUT2D eigenvalue weighted by molar-refractivity contribution is -0.123. The maximum absolute atomic E-state index is 12.1. The van der Waals surface area contributed by atoms with E-state index in [9.17, 15) is 9.90 Å². The van der Waals surface area contributed by atoms with Crippen molar-refractivity contribution >= 4 is 11.6 Å². The molecule has 0 radical (unpaired) electrons. The van der Waals surface area contributed by atoms with Crippen molar-refractivity contribution in [2.24, 2.45) is 5.41 Å². The first kappa shape index (κ1) is 17.9. The molecule has 2 rings (SSSR count). The van der Waals surface area contributed by atoms with Crippen LogP contribution in [0.1, 0.15) is 37.5 Å². The van der Waals surface area contributed by atoms with Gasteiger partial charge >= 0.3 is 0 Å². The highest BCUT2D eigenvalue weighted by Gasteiger charge is 2.21. The molecule has 0 heterocycles. The van der Waals surface area contributed by atoms with Gasteiger partial charge in [-0.25, -0.2) is 0 Å². The van der Waals surface area contributed by atoms with E-state index in [1.54, 1.807) is 18.2 Å². The van der Waals surface area contributed by atoms with Crippen molar-refractivity contribution in [2.75, 3.05) is 5.32 Å². The minimum absolute atomic E-state index is 0.0240. The Balaban J connectivity index is 2.26. The summed E-state index contributed by atoms with van der Waals surface area (Å²) < 4.78 is 5.98. The minimum atomic E-state index is -0.444. The van der Waals surface area contributed by atoms with Gasteiger partial charge in [-0.05, 0) is 67.8 Å². The highest BCUT2D eigenvalue weighted by molar-refractivity contribution is 5.94. The quantitative estimate of drug-likeness (QED) is 0.825. The molecule has 0 saturated heterocycles. The highest BCUT2D eigenvalue weighted by atomic mass is 16.5. The second kappa shape index (κ2) is 6.56. The number of ether oxygens (including phenoxy) is 1. The summed E-state index contributed by atoms with van der Waals surface area (Å²) in [5.74, 6) is 1.65. The molecule has 2 N–H and O–H groups in total. The molecule has 0 fully saturated rings. The summed E-state index contributed by atoms with van der Waals surface area (Å²) in [5.41, 5.74) is 2.95. The van der Waals surface area contributed by atoms with Crippen molar-refractivity contribution in [3.8, 4) is 17.2 Å². The topological polar surface area (TPSA) is 58.6 Å². The Bertz CT molecular complexity index is 750. The maximum Gasteiger partial charge on any atom is 0.229 e. The summed E-state index contributed by atoms with van der Waals surface area (Å²) >= 11 is 0. The van der Waals surface area contributed by atoms with Gasteiger partial charge in [-0.1, -0.05) is 20.8 Å². The van der Waals surface area contributed by atoms with Gasteiger partial charge in [-0.15, -0.1) is 0 Å². The van der Waals surface area contributed by atoms with Crippen molar-refractivity contribution in [3.05, 3.63) is 47.0 Å². The number of carbonyl (C=O) groups excluding carboxylic acids is 1. The van der Waals surface area contributed by atoms with E-state index in [2.05, 4.69) is 5.32 Å². The Kier molecular flexibility index (Phi) is 4.88. The molecular formula is C20H25NO3. The van der Waals surface area contributed by atoms with Crippen LogP contribution in [0.4, 0.5) is 5.69 Å². The molecule has 4 nitrogen and oxygen atoms in total. The number of aryl methyl sites for hydroxylation is 3. The molecule has 0 bridgehead atoms. The lowest BCUT2D eigenvalue weighted by Gasteiger charge is -2.19. The number of amides is 1. The van der Waals surface area contributed by atoms with Crippen LogP contribution in [-0.2, 0) is 4.79 Å². The molecule has 0 aliphatic heterocycles. The zero-order valence-electron chi connectivity index (χ0n) is 15.2. The molecule has 0 spiro atoms. The fourth-order valence-electron chi connectivity index (χ4n) is 2.31. The van der Waals surface area contributed by atoms with E-state index in [1.165, 1.54) is 0 Å². The molecule has 0 atom stereocenters. The van der Waals surface area contributed by atoms with E-state index in [0.29, 0.717) is 5.75 Å². The van der Waals surface area contributed by atoms with Crippen LogP contribution in [0.2, 0.25) is 0 Å². The molecule has 0 aliphatic carbocycles. The van der Waals surface area contributed by atoms with Crippen LogP contribution in [0.15, 0.2) is 30.3 Å². The Hall–Kier alpha value is -2.49. The summed E-state index contributed by atoms with van der Waals surface area (Å²) in [4.78, 5) is 12.1. The molecule has 2 aromatic carbocycles. The number of phenols is 1. The monoisotopic (exact) mass is 327 g/mol. The molecule has 24 heavy (non-hydrogen) atoms. The number of benzene rings is 2. The summed E-state index contributed by atoms with van der Waals surface area (Å²) in [6.45, 7) is 11.4. The fraction of sp³-hybridized carbons (Fsp3) is 0.350. The molecule has 0 aliphatic rings. The zero-order chi connectivity index (χ0) is 18.1. The van der Waals surface area contributed by atoms with Gasteiger partial charge in [-0.2, -0.15) is 0 Å². The van der Waals surface area contributed by atoms with Crippen molar-refractivity contribution < 1.29 is 14.6 Å². The average molecular weight is 327 g/mol. The smallest absolute Gasteiger partial charge is 0.229 e. The number of rotatable bonds is 3. The van der Waals surface area contributed by atoms with Gasteiger partial charge in [0.2, 0.25) is 5.91 Å². The van der Waals surface area contributed by atoms with Crippen LogP contribution in [0.25, 0.3) is 0 Å². The van der Waals surface area contributed by atoms with Crippen LogP contribution in [0.3, 0.4) is 0 Å². The number of anilines is 1. The summed E-state index contributed by atoms with van der Waals surface area (Å²) in [5, 5.41) is 12.6. The number of phenolic OH excluding ortho intramolecular Hbond substituents is 1. The van der Waals surface area contributed by atoms with Gasteiger partial charge in [0.25, 0.3) is 0 Å². The third-order valence-corrected chi connectivity index (χ3v) is 3.79. The first-order chi connectivity index (χ1) is 11.1. The molecule has 0 aromatic heterocycles. The predicted molar refractivity (Wildman–Crippen MR) is 96.9 cm³/mol. The molecule has 1 amide bonds. The average Bonchev–Trinajstić information content (AvgIpc) is 2.45. The van der Waals surface area contributed by atoms with E-state index in [-0.39, 0.29) is 11.7 Å². The van der Waals surface area contributed by atoms with Crippen molar-refractivity contribution in [3.63, 3.8) is 0 Å². The number of hydrogen-bond donors (Lipinski definition) is 2. The Morgan fingerprint density at radius 2 is 1.58 bits per heavy atom. The largest absolute Gasteiger partial charge is 0.508 e. The SMILES string of the molecule is Cc1cc(Oc2c(C)cc(NC(=O)C(C)(C)C)cc2C)ccc1O. The molecule has 2 aromatic rings. The van der Waals surface area contributed by atoms with Gasteiger partial charge in [0.05, 0.1) is 0 Å². The van der Waals surface area contributed by atoms with Crippen molar-refractivity contribution in [2.45, 2.75) is 41.5 Å². The number of aromatic hydroxyl groups is 1. The Morgan fingerprint density at radius 1 is 1.00 bits per heavy atom. The zero-order valence-corrected chi connectivity index (χ0v) is 15.2. The van der Waals surface area contributed by atoms with Crippen LogP contribution in [0.5, 0.6) is 17.2 Å². The lowest BCUT2D eigenvalue weighted by atomic mass is 9.95. The number of hydrogen-bond acceptors (Lipinski definition) is 3. The normalized spacial score (nSPS) is 11.2. The molecule has 4 heteroatoms. The van der Waals surface area contributed by atoms with Crippen LogP contribution in [0, 0.1) is 26.2 Å². The van der Waals surface area contributed by atoms with Gasteiger partial charge < -0.3 is 15.2 Å². The van der Waals surface area contributed by atoms with Crippen LogP contribution in [-0.4, -0.2) is 11.0 Å². The molecule has 0 saturated carbocycles. The Morgan fingerprint density at radius 3 is 2.08 bits per heavy atom. The summed E-state index contributed by atoms with van der Waals surface area (Å²) in [6.07, 6.45) is 0. The minimum Gasteiger partial charge on any atom is -0.508 e. The van der Waals surface area contributed by atoms with Crippen molar-refractivity contribution in [1.82, 2.24) is 0 Å². The van der Waals surface area contributed by atoms with E-state index in [1.807, 2.05) is 53.7 Å². The van der Waals surface area contributed by atoms with Crippen molar-refractivity contribution in [1.29, 1.82) is 0 Å². The fourth-order valence-corrected chi connectivity index (χ4v) is 2.31. The van der Waals surface area contributed by atoms with Gasteiger partial charge in [0.1, 0.15) is 17.2 Å². The highest BCUT2D eigenvalue weighted by Crippen LogP contribution is 2.33. The first-order valence-corrected chi connectivity index (χ1v) is 7.98. The van der Waals surface area contributed by atoms with Gasteiger partial charge in [-0.3, -0.25) is 4.79 Å². The lowest BCUT2D eigenvalue weighted by Crippen LogP contribution is -2.27. The maximum atomic E-state index is 12.1. The van der Waals surface area contributed by atoms with E-state index in [4.69, 9.17) is 4.74 Å². The number of nitrogens with one attached hydrogen (secondary N) is 1. The standard InChI is InChI=1S/C20H25NO3/c1-12-11-16(7-8-17(12)22)24-18-13(2)9-15(10-14(18)3)21-19(23)20(4,5)6/h7-11,22H,1-6H3,(H,21,23). The van der Waals surface area contributed by atoms with E-state index >= 15 is 0 Å². The van der Waals surface area contributed by atoms with Crippen LogP contribution < -0.4 is 10.1 Å². The third-order valence-electron chi connectivity index (χ3n) is 3.79. The third kappa shape index (κ3) is 4.07. The van der Waals surface area contributed by atoms with E-state index in [0.717, 1.165) is 28.1 Å². The molecule has 0 unspecified atom stereocenters. The van der Waals surface area contributed by atoms with Crippen LogP contribution >= 0.6 is 0 Å². The number of carbonyl (C=O) groups is 1. The predicted octanol–water partition coefficient (Wildman–Crippen LogP) is 5.09.